The van der Waals surface area contributed by atoms with Gasteiger partial charge in [-0.1, -0.05) is 18.2 Å². The third kappa shape index (κ3) is 6.21. The van der Waals surface area contributed by atoms with E-state index in [1.165, 1.54) is 9.70 Å². The van der Waals surface area contributed by atoms with Gasteiger partial charge in [-0.05, 0) is 31.2 Å². The summed E-state index contributed by atoms with van der Waals surface area (Å²) in [6.45, 7) is 3.76. The number of ether oxygens (including phenoxy) is 1. The Morgan fingerprint density at radius 2 is 2.00 bits per heavy atom. The Balaban J connectivity index is 1.81. The van der Waals surface area contributed by atoms with Gasteiger partial charge in [-0.25, -0.2) is 0 Å². The van der Waals surface area contributed by atoms with E-state index < -0.39 is 0 Å². The highest BCUT2D eigenvalue weighted by atomic mass is 16.5. The summed E-state index contributed by atoms with van der Waals surface area (Å²) in [6.07, 6.45) is 0. The molecule has 1 aromatic heterocycles. The summed E-state index contributed by atoms with van der Waals surface area (Å²) < 4.78 is 5.52. The number of hydrogen-bond acceptors (Lipinski definition) is 6. The maximum atomic E-state index is 12.1. The van der Waals surface area contributed by atoms with Crippen LogP contribution in [0.15, 0.2) is 30.3 Å². The van der Waals surface area contributed by atoms with Crippen molar-refractivity contribution in [3.05, 3.63) is 36.2 Å². The van der Waals surface area contributed by atoms with Crippen molar-refractivity contribution in [1.29, 1.82) is 0 Å². The Morgan fingerprint density at radius 1 is 1.28 bits per heavy atom. The Bertz CT molecular complexity index is 701. The van der Waals surface area contributed by atoms with Gasteiger partial charge in [-0.2, -0.15) is 4.80 Å². The minimum absolute atomic E-state index is 0.0182. The number of amides is 2. The number of nitrogens with zero attached hydrogens (tertiary/aromatic N) is 5. The predicted molar refractivity (Wildman–Crippen MR) is 89.5 cm³/mol. The van der Waals surface area contributed by atoms with Crippen LogP contribution in [0.2, 0.25) is 0 Å². The van der Waals surface area contributed by atoms with Crippen molar-refractivity contribution < 1.29 is 14.3 Å². The van der Waals surface area contributed by atoms with Crippen LogP contribution in [-0.4, -0.2) is 56.6 Å². The molecule has 25 heavy (non-hydrogen) atoms. The van der Waals surface area contributed by atoms with E-state index in [-0.39, 0.29) is 37.6 Å². The molecule has 1 N–H and O–H groups in total. The van der Waals surface area contributed by atoms with Crippen molar-refractivity contribution in [2.45, 2.75) is 33.0 Å². The Labute approximate surface area is 146 Å². The van der Waals surface area contributed by atoms with E-state index in [4.69, 9.17) is 4.74 Å². The second-order valence-electron chi connectivity index (χ2n) is 5.81. The first-order valence-corrected chi connectivity index (χ1v) is 7.92. The highest BCUT2D eigenvalue weighted by molar-refractivity contribution is 5.84. The fourth-order valence-corrected chi connectivity index (χ4v) is 1.98. The minimum atomic E-state index is -0.285. The average Bonchev–Trinajstić information content (AvgIpc) is 3.00. The first-order chi connectivity index (χ1) is 11.9. The van der Waals surface area contributed by atoms with Crippen LogP contribution in [0.3, 0.4) is 0 Å². The lowest BCUT2D eigenvalue weighted by molar-refractivity contribution is -0.135. The molecule has 0 saturated carbocycles. The third-order valence-electron chi connectivity index (χ3n) is 3.14. The van der Waals surface area contributed by atoms with Gasteiger partial charge in [0.15, 0.2) is 6.61 Å². The Kier molecular flexibility index (Phi) is 6.44. The van der Waals surface area contributed by atoms with E-state index in [9.17, 15) is 9.59 Å². The molecule has 0 bridgehead atoms. The number of tetrazole rings is 1. The van der Waals surface area contributed by atoms with Crippen LogP contribution in [0.25, 0.3) is 0 Å². The summed E-state index contributed by atoms with van der Waals surface area (Å²) in [7, 11) is 1.55. The molecule has 1 aromatic carbocycles. The van der Waals surface area contributed by atoms with E-state index in [2.05, 4.69) is 20.7 Å². The second kappa shape index (κ2) is 8.76. The molecule has 0 spiro atoms. The molecule has 0 aliphatic heterocycles. The van der Waals surface area contributed by atoms with Crippen molar-refractivity contribution in [1.82, 2.24) is 30.4 Å². The Hall–Kier alpha value is -2.97. The summed E-state index contributed by atoms with van der Waals surface area (Å²) in [5.41, 5.74) is 0. The first kappa shape index (κ1) is 18.4. The molecule has 0 radical (unpaired) electrons. The van der Waals surface area contributed by atoms with Crippen LogP contribution in [0, 0.1) is 0 Å². The zero-order valence-electron chi connectivity index (χ0n) is 14.5. The quantitative estimate of drug-likeness (QED) is 0.734. The predicted octanol–water partition coefficient (Wildman–Crippen LogP) is 0.235. The number of rotatable bonds is 8. The van der Waals surface area contributed by atoms with Crippen molar-refractivity contribution in [2.75, 3.05) is 13.6 Å². The lowest BCUT2D eigenvalue weighted by Crippen LogP contribution is -2.42. The second-order valence-corrected chi connectivity index (χ2v) is 5.81. The fraction of sp³-hybridized carbons (Fsp3) is 0.438. The van der Waals surface area contributed by atoms with Gasteiger partial charge in [0.2, 0.25) is 17.6 Å². The van der Waals surface area contributed by atoms with Crippen molar-refractivity contribution in [3.63, 3.8) is 0 Å². The molecule has 2 rings (SSSR count). The summed E-state index contributed by atoms with van der Waals surface area (Å²) >= 11 is 0. The molecular formula is C16H22N6O3. The van der Waals surface area contributed by atoms with Gasteiger partial charge in [0, 0.05) is 13.1 Å². The summed E-state index contributed by atoms with van der Waals surface area (Å²) in [6, 6.07) is 9.30. The van der Waals surface area contributed by atoms with E-state index in [0.29, 0.717) is 11.6 Å². The number of benzene rings is 1. The number of carbonyl (C=O) groups excluding carboxylic acids is 2. The maximum absolute atomic E-state index is 12.1. The van der Waals surface area contributed by atoms with Gasteiger partial charge < -0.3 is 15.0 Å². The molecule has 0 atom stereocenters. The highest BCUT2D eigenvalue weighted by Crippen LogP contribution is 2.09. The van der Waals surface area contributed by atoms with Crippen LogP contribution < -0.4 is 10.1 Å². The summed E-state index contributed by atoms with van der Waals surface area (Å²) in [5.74, 6) is 0.573. The van der Waals surface area contributed by atoms with Crippen molar-refractivity contribution >= 4 is 11.8 Å². The molecular weight excluding hydrogens is 324 g/mol. The monoisotopic (exact) mass is 346 g/mol. The minimum Gasteiger partial charge on any atom is -0.485 e. The van der Waals surface area contributed by atoms with Crippen molar-refractivity contribution in [3.8, 4) is 5.75 Å². The van der Waals surface area contributed by atoms with E-state index in [0.717, 1.165) is 0 Å². The highest BCUT2D eigenvalue weighted by Gasteiger charge is 2.15. The topological polar surface area (TPSA) is 102 Å². The number of nitrogens with one attached hydrogen (secondary N) is 1. The standard InChI is InChI=1S/C16H22N6O3/c1-12(2)17-15(23)9-21(3)16(24)10-22-19-14(18-20-22)11-25-13-7-5-4-6-8-13/h4-8,12H,9-11H2,1-3H3,(H,17,23). The molecule has 0 unspecified atom stereocenters. The van der Waals surface area contributed by atoms with Gasteiger partial charge in [-0.3, -0.25) is 9.59 Å². The molecule has 2 amide bonds. The van der Waals surface area contributed by atoms with E-state index in [1.807, 2.05) is 44.2 Å². The van der Waals surface area contributed by atoms with E-state index in [1.54, 1.807) is 7.05 Å². The average molecular weight is 346 g/mol. The molecule has 134 valence electrons. The Morgan fingerprint density at radius 3 is 2.68 bits per heavy atom. The first-order valence-electron chi connectivity index (χ1n) is 7.92. The lowest BCUT2D eigenvalue weighted by Gasteiger charge is -2.17. The number of likely N-dealkylation sites (N-methyl/N-ethyl adjacent to an activating group) is 1. The van der Waals surface area contributed by atoms with Gasteiger partial charge in [-0.15, -0.1) is 10.2 Å². The number of carbonyl (C=O) groups is 2. The molecule has 0 fully saturated rings. The third-order valence-corrected chi connectivity index (χ3v) is 3.14. The number of para-hydroxylation sites is 1. The molecule has 1 heterocycles. The molecule has 0 saturated heterocycles. The van der Waals surface area contributed by atoms with Crippen LogP contribution in [-0.2, 0) is 22.7 Å². The SMILES string of the molecule is CC(C)NC(=O)CN(C)C(=O)Cn1nnc(COc2ccccc2)n1. The molecule has 9 nitrogen and oxygen atoms in total. The molecule has 2 aromatic rings. The zero-order valence-corrected chi connectivity index (χ0v) is 14.5. The largest absolute Gasteiger partial charge is 0.485 e. The zero-order chi connectivity index (χ0) is 18.2. The molecule has 0 aliphatic carbocycles. The fourth-order valence-electron chi connectivity index (χ4n) is 1.98. The molecule has 0 aliphatic rings. The van der Waals surface area contributed by atoms with Crippen LogP contribution in [0.1, 0.15) is 19.7 Å². The van der Waals surface area contributed by atoms with Gasteiger partial charge >= 0.3 is 0 Å². The lowest BCUT2D eigenvalue weighted by atomic mass is 10.3. The van der Waals surface area contributed by atoms with Gasteiger partial charge in [0.05, 0.1) is 6.54 Å². The number of hydrogen-bond donors (Lipinski definition) is 1. The van der Waals surface area contributed by atoms with Crippen molar-refractivity contribution in [2.24, 2.45) is 0 Å². The summed E-state index contributed by atoms with van der Waals surface area (Å²) in [4.78, 5) is 26.3. The van der Waals surface area contributed by atoms with Crippen LogP contribution in [0.4, 0.5) is 0 Å². The van der Waals surface area contributed by atoms with Crippen LogP contribution >= 0.6 is 0 Å². The van der Waals surface area contributed by atoms with Crippen LogP contribution in [0.5, 0.6) is 5.75 Å². The smallest absolute Gasteiger partial charge is 0.246 e. The van der Waals surface area contributed by atoms with Gasteiger partial charge in [0.1, 0.15) is 12.3 Å². The maximum Gasteiger partial charge on any atom is 0.246 e. The summed E-state index contributed by atoms with van der Waals surface area (Å²) in [5, 5.41) is 14.5. The normalized spacial score (nSPS) is 10.6. The van der Waals surface area contributed by atoms with E-state index >= 15 is 0 Å². The number of aromatic nitrogens is 4. The van der Waals surface area contributed by atoms with Gasteiger partial charge in [0.25, 0.3) is 0 Å². The molecule has 9 heteroatoms.